The van der Waals surface area contributed by atoms with Gasteiger partial charge in [-0.3, -0.25) is 4.79 Å². The van der Waals surface area contributed by atoms with E-state index in [1.54, 1.807) is 6.07 Å². The number of nitrogens with two attached hydrogens (primary N) is 1. The molecule has 1 aliphatic carbocycles. The van der Waals surface area contributed by atoms with E-state index in [0.29, 0.717) is 6.04 Å². The SMILES string of the molecule is CC1CCC(Nc2ccc(F)c(C(N)=O)c2)CC1. The lowest BCUT2D eigenvalue weighted by atomic mass is 9.87. The first-order valence-corrected chi connectivity index (χ1v) is 6.42. The Morgan fingerprint density at radius 3 is 2.61 bits per heavy atom. The third kappa shape index (κ3) is 3.00. The third-order valence-electron chi connectivity index (χ3n) is 3.62. The summed E-state index contributed by atoms with van der Waals surface area (Å²) in [5.74, 6) is -0.504. The number of halogens is 1. The Morgan fingerprint density at radius 2 is 2.00 bits per heavy atom. The lowest BCUT2D eigenvalue weighted by Crippen LogP contribution is -2.25. The van der Waals surface area contributed by atoms with Gasteiger partial charge in [0.15, 0.2) is 0 Å². The zero-order valence-electron chi connectivity index (χ0n) is 10.6. The van der Waals surface area contributed by atoms with E-state index in [1.807, 2.05) is 0 Å². The van der Waals surface area contributed by atoms with Crippen LogP contribution in [0.5, 0.6) is 0 Å². The maximum atomic E-state index is 13.3. The molecule has 2 rings (SSSR count). The Hall–Kier alpha value is -1.58. The molecule has 1 saturated carbocycles. The van der Waals surface area contributed by atoms with E-state index in [4.69, 9.17) is 5.73 Å². The van der Waals surface area contributed by atoms with Crippen LogP contribution in [0.4, 0.5) is 10.1 Å². The molecule has 18 heavy (non-hydrogen) atoms. The molecule has 1 aliphatic rings. The molecule has 1 aromatic rings. The molecule has 0 bridgehead atoms. The highest BCUT2D eigenvalue weighted by atomic mass is 19.1. The van der Waals surface area contributed by atoms with Gasteiger partial charge < -0.3 is 11.1 Å². The number of carbonyl (C=O) groups is 1. The highest BCUT2D eigenvalue weighted by Crippen LogP contribution is 2.26. The predicted molar refractivity (Wildman–Crippen MR) is 70.0 cm³/mol. The smallest absolute Gasteiger partial charge is 0.251 e. The fraction of sp³-hybridized carbons (Fsp3) is 0.500. The maximum absolute atomic E-state index is 13.3. The molecule has 3 nitrogen and oxygen atoms in total. The number of amides is 1. The first-order valence-electron chi connectivity index (χ1n) is 6.42. The molecule has 0 aliphatic heterocycles. The molecular formula is C14H19FN2O. The fourth-order valence-electron chi connectivity index (χ4n) is 2.44. The summed E-state index contributed by atoms with van der Waals surface area (Å²) >= 11 is 0. The Kier molecular flexibility index (Phi) is 3.84. The summed E-state index contributed by atoms with van der Waals surface area (Å²) in [4.78, 5) is 11.1. The summed E-state index contributed by atoms with van der Waals surface area (Å²) < 4.78 is 13.3. The Morgan fingerprint density at radius 1 is 1.33 bits per heavy atom. The van der Waals surface area contributed by atoms with Crippen molar-refractivity contribution in [2.75, 3.05) is 5.32 Å². The normalized spacial score (nSPS) is 23.7. The number of nitrogens with one attached hydrogen (secondary N) is 1. The molecule has 4 heteroatoms. The molecule has 1 fully saturated rings. The Balaban J connectivity index is 2.05. The number of hydrogen-bond acceptors (Lipinski definition) is 2. The number of carbonyl (C=O) groups excluding carboxylic acids is 1. The van der Waals surface area contributed by atoms with Crippen molar-refractivity contribution < 1.29 is 9.18 Å². The molecule has 1 amide bonds. The Labute approximate surface area is 107 Å². The van der Waals surface area contributed by atoms with E-state index in [-0.39, 0.29) is 5.56 Å². The highest BCUT2D eigenvalue weighted by Gasteiger charge is 2.18. The topological polar surface area (TPSA) is 55.1 Å². The predicted octanol–water partition coefficient (Wildman–Crippen LogP) is 2.92. The second kappa shape index (κ2) is 5.38. The molecule has 0 heterocycles. The van der Waals surface area contributed by atoms with Crippen LogP contribution in [0.15, 0.2) is 18.2 Å². The summed E-state index contributed by atoms with van der Waals surface area (Å²) in [6, 6.07) is 4.84. The van der Waals surface area contributed by atoms with Crippen molar-refractivity contribution in [2.45, 2.75) is 38.6 Å². The van der Waals surface area contributed by atoms with E-state index in [1.165, 1.54) is 25.0 Å². The van der Waals surface area contributed by atoms with Gasteiger partial charge in [0.25, 0.3) is 5.91 Å². The molecule has 0 radical (unpaired) electrons. The van der Waals surface area contributed by atoms with Crippen molar-refractivity contribution in [3.63, 3.8) is 0 Å². The average Bonchev–Trinajstić information content (AvgIpc) is 2.34. The summed E-state index contributed by atoms with van der Waals surface area (Å²) in [6.45, 7) is 2.26. The van der Waals surface area contributed by atoms with Gasteiger partial charge in [-0.25, -0.2) is 4.39 Å². The van der Waals surface area contributed by atoms with Crippen LogP contribution >= 0.6 is 0 Å². The van der Waals surface area contributed by atoms with Crippen molar-refractivity contribution in [3.8, 4) is 0 Å². The molecule has 0 unspecified atom stereocenters. The van der Waals surface area contributed by atoms with Gasteiger partial charge in [0.1, 0.15) is 5.82 Å². The summed E-state index contributed by atoms with van der Waals surface area (Å²) in [5.41, 5.74) is 5.84. The van der Waals surface area contributed by atoms with Crippen molar-refractivity contribution in [1.82, 2.24) is 0 Å². The third-order valence-corrected chi connectivity index (χ3v) is 3.62. The van der Waals surface area contributed by atoms with E-state index in [9.17, 15) is 9.18 Å². The van der Waals surface area contributed by atoms with Crippen LogP contribution in [-0.4, -0.2) is 11.9 Å². The van der Waals surface area contributed by atoms with E-state index in [2.05, 4.69) is 12.2 Å². The minimum Gasteiger partial charge on any atom is -0.382 e. The quantitative estimate of drug-likeness (QED) is 0.866. The van der Waals surface area contributed by atoms with Gasteiger partial charge >= 0.3 is 0 Å². The monoisotopic (exact) mass is 250 g/mol. The van der Waals surface area contributed by atoms with E-state index in [0.717, 1.165) is 24.4 Å². The van der Waals surface area contributed by atoms with Gasteiger partial charge in [-0.15, -0.1) is 0 Å². The van der Waals surface area contributed by atoms with Crippen molar-refractivity contribution >= 4 is 11.6 Å². The van der Waals surface area contributed by atoms with Gasteiger partial charge in [0.05, 0.1) is 5.56 Å². The van der Waals surface area contributed by atoms with Crippen molar-refractivity contribution in [1.29, 1.82) is 0 Å². The molecule has 0 atom stereocenters. The summed E-state index contributed by atoms with van der Waals surface area (Å²) in [5, 5.41) is 3.35. The van der Waals surface area contributed by atoms with Gasteiger partial charge in [-0.05, 0) is 49.8 Å². The number of anilines is 1. The number of hydrogen-bond donors (Lipinski definition) is 2. The van der Waals surface area contributed by atoms with Crippen LogP contribution in [0, 0.1) is 11.7 Å². The molecule has 0 saturated heterocycles. The van der Waals surface area contributed by atoms with Crippen LogP contribution < -0.4 is 11.1 Å². The molecule has 98 valence electrons. The lowest BCUT2D eigenvalue weighted by Gasteiger charge is -2.27. The molecule has 0 aromatic heterocycles. The van der Waals surface area contributed by atoms with Crippen LogP contribution in [0.1, 0.15) is 43.0 Å². The van der Waals surface area contributed by atoms with E-state index < -0.39 is 11.7 Å². The molecule has 3 N–H and O–H groups in total. The van der Waals surface area contributed by atoms with Gasteiger partial charge in [0, 0.05) is 11.7 Å². The van der Waals surface area contributed by atoms with Gasteiger partial charge in [0.2, 0.25) is 0 Å². The second-order valence-corrected chi connectivity index (χ2v) is 5.16. The van der Waals surface area contributed by atoms with Crippen LogP contribution in [0.3, 0.4) is 0 Å². The first-order chi connectivity index (χ1) is 8.56. The maximum Gasteiger partial charge on any atom is 0.251 e. The van der Waals surface area contributed by atoms with E-state index >= 15 is 0 Å². The molecular weight excluding hydrogens is 231 g/mol. The van der Waals surface area contributed by atoms with Crippen molar-refractivity contribution in [2.24, 2.45) is 11.7 Å². The second-order valence-electron chi connectivity index (χ2n) is 5.16. The van der Waals surface area contributed by atoms with Gasteiger partial charge in [-0.2, -0.15) is 0 Å². The standard InChI is InChI=1S/C14H19FN2O/c1-9-2-4-10(5-3-9)17-11-6-7-13(15)12(8-11)14(16)18/h6-10,17H,2-5H2,1H3,(H2,16,18). The van der Waals surface area contributed by atoms with Crippen molar-refractivity contribution in [3.05, 3.63) is 29.6 Å². The lowest BCUT2D eigenvalue weighted by molar-refractivity contribution is 0.0996. The minimum atomic E-state index is -0.728. The highest BCUT2D eigenvalue weighted by molar-refractivity contribution is 5.94. The summed E-state index contributed by atoms with van der Waals surface area (Å²) in [6.07, 6.45) is 4.65. The number of rotatable bonds is 3. The Bertz CT molecular complexity index is 439. The van der Waals surface area contributed by atoms with Crippen LogP contribution in [0.2, 0.25) is 0 Å². The molecule has 0 spiro atoms. The van der Waals surface area contributed by atoms with Crippen LogP contribution in [-0.2, 0) is 0 Å². The zero-order valence-corrected chi connectivity index (χ0v) is 10.6. The first kappa shape index (κ1) is 12.9. The fourth-order valence-corrected chi connectivity index (χ4v) is 2.44. The minimum absolute atomic E-state index is 0.0517. The van der Waals surface area contributed by atoms with Crippen LogP contribution in [0.25, 0.3) is 0 Å². The average molecular weight is 250 g/mol. The van der Waals surface area contributed by atoms with Gasteiger partial charge in [-0.1, -0.05) is 6.92 Å². The number of primary amides is 1. The summed E-state index contributed by atoms with van der Waals surface area (Å²) in [7, 11) is 0. The zero-order chi connectivity index (χ0) is 13.1. The number of benzene rings is 1. The largest absolute Gasteiger partial charge is 0.382 e. The molecule has 1 aromatic carbocycles.